The van der Waals surface area contributed by atoms with Crippen LogP contribution in [0.2, 0.25) is 0 Å². The van der Waals surface area contributed by atoms with Crippen LogP contribution in [0, 0.1) is 5.92 Å². The fraction of sp³-hybridized carbons (Fsp3) is 0.333. The van der Waals surface area contributed by atoms with Crippen LogP contribution in [0.3, 0.4) is 0 Å². The summed E-state index contributed by atoms with van der Waals surface area (Å²) in [4.78, 5) is 16.3. The highest BCUT2D eigenvalue weighted by atomic mass is 16.5. The van der Waals surface area contributed by atoms with Gasteiger partial charge in [-0.2, -0.15) is 0 Å². The third-order valence-electron chi connectivity index (χ3n) is 2.83. The summed E-state index contributed by atoms with van der Waals surface area (Å²) in [6.45, 7) is 4.78. The largest absolute Gasteiger partial charge is 0.494 e. The second-order valence-electron chi connectivity index (χ2n) is 4.86. The normalized spacial score (nSPS) is 10.7. The van der Waals surface area contributed by atoms with Gasteiger partial charge in [0.1, 0.15) is 11.3 Å². The average Bonchev–Trinajstić information content (AvgIpc) is 2.43. The number of ether oxygens (including phenoxy) is 1. The molecule has 2 rings (SSSR count). The van der Waals surface area contributed by atoms with Crippen molar-refractivity contribution in [3.05, 3.63) is 36.0 Å². The van der Waals surface area contributed by atoms with Crippen LogP contribution in [-0.2, 0) is 0 Å². The summed E-state index contributed by atoms with van der Waals surface area (Å²) in [7, 11) is 1.61. The molecule has 2 aromatic rings. The van der Waals surface area contributed by atoms with Crippen molar-refractivity contribution in [2.24, 2.45) is 5.92 Å². The van der Waals surface area contributed by atoms with Gasteiger partial charge in [0.2, 0.25) is 0 Å². The summed E-state index contributed by atoms with van der Waals surface area (Å²) in [5.74, 6) is 1.05. The molecule has 0 unspecified atom stereocenters. The van der Waals surface area contributed by atoms with Gasteiger partial charge in [-0.25, -0.2) is 0 Å². The Kier molecular flexibility index (Phi) is 4.00. The number of rotatable bonds is 4. The van der Waals surface area contributed by atoms with Crippen molar-refractivity contribution in [3.8, 4) is 5.75 Å². The summed E-state index contributed by atoms with van der Waals surface area (Å²) in [5.41, 5.74) is 1.34. The van der Waals surface area contributed by atoms with Crippen LogP contribution < -0.4 is 10.1 Å². The number of benzene rings is 1. The van der Waals surface area contributed by atoms with Gasteiger partial charge in [0.15, 0.2) is 0 Å². The predicted molar refractivity (Wildman–Crippen MR) is 75.5 cm³/mol. The van der Waals surface area contributed by atoms with Crippen LogP contribution in [0.4, 0.5) is 0 Å². The van der Waals surface area contributed by atoms with E-state index in [9.17, 15) is 4.79 Å². The predicted octanol–water partition coefficient (Wildman–Crippen LogP) is 2.63. The fourth-order valence-electron chi connectivity index (χ4n) is 1.82. The Bertz CT molecular complexity index is 594. The number of fused-ring (bicyclic) bond motifs is 1. The topological polar surface area (TPSA) is 51.2 Å². The molecule has 0 bridgehead atoms. The number of nitrogens with one attached hydrogen (secondary N) is 1. The lowest BCUT2D eigenvalue weighted by Crippen LogP contribution is -2.27. The minimum atomic E-state index is -0.0917. The van der Waals surface area contributed by atoms with Crippen LogP contribution in [0.1, 0.15) is 24.2 Å². The summed E-state index contributed by atoms with van der Waals surface area (Å²) in [6, 6.07) is 7.50. The number of amides is 1. The zero-order chi connectivity index (χ0) is 13.8. The van der Waals surface area contributed by atoms with Gasteiger partial charge in [0.25, 0.3) is 5.91 Å². The second-order valence-corrected chi connectivity index (χ2v) is 4.86. The molecule has 100 valence electrons. The van der Waals surface area contributed by atoms with Gasteiger partial charge in [-0.1, -0.05) is 26.0 Å². The van der Waals surface area contributed by atoms with E-state index in [2.05, 4.69) is 24.1 Å². The number of aromatic nitrogens is 1. The van der Waals surface area contributed by atoms with E-state index < -0.39 is 0 Å². The Hall–Kier alpha value is -2.10. The standard InChI is InChI=1S/C15H18N2O2/c1-10(2)8-17-15(18)12-7-11-5-4-6-13(19-3)14(11)16-9-12/h4-7,9-10H,8H2,1-3H3,(H,17,18). The van der Waals surface area contributed by atoms with Gasteiger partial charge in [0, 0.05) is 18.1 Å². The van der Waals surface area contributed by atoms with Gasteiger partial charge in [-0.3, -0.25) is 9.78 Å². The molecule has 0 atom stereocenters. The highest BCUT2D eigenvalue weighted by Gasteiger charge is 2.09. The minimum Gasteiger partial charge on any atom is -0.494 e. The quantitative estimate of drug-likeness (QED) is 0.917. The SMILES string of the molecule is COc1cccc2cc(C(=O)NCC(C)C)cnc12. The van der Waals surface area contributed by atoms with Crippen LogP contribution in [-0.4, -0.2) is 24.5 Å². The summed E-state index contributed by atoms with van der Waals surface area (Å²) in [6.07, 6.45) is 1.58. The number of methoxy groups -OCH3 is 1. The van der Waals surface area contributed by atoms with Crippen LogP contribution in [0.25, 0.3) is 10.9 Å². The van der Waals surface area contributed by atoms with Crippen LogP contribution >= 0.6 is 0 Å². The highest BCUT2D eigenvalue weighted by molar-refractivity contribution is 5.98. The Morgan fingerprint density at radius 3 is 2.89 bits per heavy atom. The van der Waals surface area contributed by atoms with Crippen molar-refractivity contribution in [1.29, 1.82) is 0 Å². The number of nitrogens with zero attached hydrogens (tertiary/aromatic N) is 1. The molecule has 0 aliphatic carbocycles. The molecule has 1 N–H and O–H groups in total. The average molecular weight is 258 g/mol. The number of pyridine rings is 1. The number of hydrogen-bond acceptors (Lipinski definition) is 3. The van der Waals surface area contributed by atoms with Crippen molar-refractivity contribution in [2.75, 3.05) is 13.7 Å². The molecular formula is C15H18N2O2. The molecule has 1 aromatic carbocycles. The zero-order valence-electron chi connectivity index (χ0n) is 11.4. The molecule has 1 aromatic heterocycles. The van der Waals surface area contributed by atoms with E-state index >= 15 is 0 Å². The molecule has 0 radical (unpaired) electrons. The van der Waals surface area contributed by atoms with Crippen LogP contribution in [0.15, 0.2) is 30.5 Å². The second kappa shape index (κ2) is 5.69. The van der Waals surface area contributed by atoms with E-state index in [1.54, 1.807) is 13.3 Å². The summed E-state index contributed by atoms with van der Waals surface area (Å²) < 4.78 is 5.24. The molecule has 0 fully saturated rings. The molecule has 0 spiro atoms. The first-order chi connectivity index (χ1) is 9.11. The van der Waals surface area contributed by atoms with E-state index in [0.717, 1.165) is 10.9 Å². The fourth-order valence-corrected chi connectivity index (χ4v) is 1.82. The van der Waals surface area contributed by atoms with E-state index in [1.165, 1.54) is 0 Å². The van der Waals surface area contributed by atoms with Crippen molar-refractivity contribution in [1.82, 2.24) is 10.3 Å². The monoisotopic (exact) mass is 258 g/mol. The number of hydrogen-bond donors (Lipinski definition) is 1. The Labute approximate surface area is 112 Å². The molecular weight excluding hydrogens is 240 g/mol. The van der Waals surface area contributed by atoms with Crippen molar-refractivity contribution >= 4 is 16.8 Å². The Balaban J connectivity index is 2.29. The van der Waals surface area contributed by atoms with Gasteiger partial charge in [-0.05, 0) is 18.1 Å². The van der Waals surface area contributed by atoms with Crippen LogP contribution in [0.5, 0.6) is 5.75 Å². The Morgan fingerprint density at radius 2 is 2.21 bits per heavy atom. The highest BCUT2D eigenvalue weighted by Crippen LogP contribution is 2.23. The van der Waals surface area contributed by atoms with Crippen molar-refractivity contribution in [3.63, 3.8) is 0 Å². The molecule has 1 heterocycles. The van der Waals surface area contributed by atoms with E-state index in [4.69, 9.17) is 4.74 Å². The lowest BCUT2D eigenvalue weighted by Gasteiger charge is -2.09. The van der Waals surface area contributed by atoms with Gasteiger partial charge >= 0.3 is 0 Å². The molecule has 4 heteroatoms. The third kappa shape index (κ3) is 3.02. The minimum absolute atomic E-state index is 0.0917. The maximum absolute atomic E-state index is 12.0. The van der Waals surface area contributed by atoms with E-state index in [-0.39, 0.29) is 5.91 Å². The first-order valence-electron chi connectivity index (χ1n) is 6.32. The van der Waals surface area contributed by atoms with Gasteiger partial charge < -0.3 is 10.1 Å². The number of para-hydroxylation sites is 1. The lowest BCUT2D eigenvalue weighted by molar-refractivity contribution is 0.0949. The summed E-state index contributed by atoms with van der Waals surface area (Å²) >= 11 is 0. The first-order valence-corrected chi connectivity index (χ1v) is 6.32. The maximum atomic E-state index is 12.0. The number of carbonyl (C=O) groups is 1. The van der Waals surface area contributed by atoms with Gasteiger partial charge in [-0.15, -0.1) is 0 Å². The molecule has 0 aliphatic rings. The molecule has 0 aliphatic heterocycles. The maximum Gasteiger partial charge on any atom is 0.252 e. The molecule has 0 saturated carbocycles. The first kappa shape index (κ1) is 13.3. The molecule has 1 amide bonds. The zero-order valence-corrected chi connectivity index (χ0v) is 11.4. The van der Waals surface area contributed by atoms with Crippen molar-refractivity contribution < 1.29 is 9.53 Å². The molecule has 0 saturated heterocycles. The van der Waals surface area contributed by atoms with Crippen molar-refractivity contribution in [2.45, 2.75) is 13.8 Å². The smallest absolute Gasteiger partial charge is 0.252 e. The lowest BCUT2D eigenvalue weighted by atomic mass is 10.1. The third-order valence-corrected chi connectivity index (χ3v) is 2.83. The van der Waals surface area contributed by atoms with E-state index in [0.29, 0.717) is 23.8 Å². The molecule has 4 nitrogen and oxygen atoms in total. The van der Waals surface area contributed by atoms with E-state index in [1.807, 2.05) is 24.3 Å². The summed E-state index contributed by atoms with van der Waals surface area (Å²) in [5, 5.41) is 3.78. The van der Waals surface area contributed by atoms with Gasteiger partial charge in [0.05, 0.1) is 12.7 Å². The number of carbonyl (C=O) groups excluding carboxylic acids is 1. The Morgan fingerprint density at radius 1 is 1.42 bits per heavy atom. The molecule has 19 heavy (non-hydrogen) atoms.